The van der Waals surface area contributed by atoms with E-state index in [0.29, 0.717) is 11.6 Å². The van der Waals surface area contributed by atoms with Crippen LogP contribution in [0.4, 0.5) is 0 Å². The van der Waals surface area contributed by atoms with E-state index in [-0.39, 0.29) is 13.4 Å². The summed E-state index contributed by atoms with van der Waals surface area (Å²) in [6, 6.07) is 5.72. The molecule has 2 heterocycles. The molecule has 6 nitrogen and oxygen atoms in total. The van der Waals surface area contributed by atoms with Gasteiger partial charge in [-0.3, -0.25) is 0 Å². The van der Waals surface area contributed by atoms with Crippen LogP contribution in [0.2, 0.25) is 0 Å². The molecule has 1 fully saturated rings. The van der Waals surface area contributed by atoms with Crippen molar-refractivity contribution in [2.45, 2.75) is 31.8 Å². The smallest absolute Gasteiger partial charge is 0.231 e. The topological polar surface area (TPSA) is 69.4 Å². The van der Waals surface area contributed by atoms with Gasteiger partial charge in [-0.2, -0.15) is 0 Å². The van der Waals surface area contributed by atoms with Gasteiger partial charge in [0, 0.05) is 12.0 Å². The number of aromatic nitrogens is 3. The zero-order valence-electron chi connectivity index (χ0n) is 11.0. The van der Waals surface area contributed by atoms with E-state index in [1.165, 1.54) is 6.42 Å². The summed E-state index contributed by atoms with van der Waals surface area (Å²) >= 11 is 0. The van der Waals surface area contributed by atoms with E-state index in [1.807, 2.05) is 22.9 Å². The maximum Gasteiger partial charge on any atom is 0.231 e. The van der Waals surface area contributed by atoms with Crippen molar-refractivity contribution < 1.29 is 14.6 Å². The van der Waals surface area contributed by atoms with E-state index >= 15 is 0 Å². The summed E-state index contributed by atoms with van der Waals surface area (Å²) in [5, 5.41) is 17.7. The van der Waals surface area contributed by atoms with Crippen LogP contribution in [0.3, 0.4) is 0 Å². The van der Waals surface area contributed by atoms with Crippen LogP contribution in [-0.4, -0.2) is 26.9 Å². The Morgan fingerprint density at radius 3 is 2.85 bits per heavy atom. The molecular weight excluding hydrogens is 258 g/mol. The Morgan fingerprint density at radius 2 is 2.10 bits per heavy atom. The second-order valence-electron chi connectivity index (χ2n) is 5.16. The van der Waals surface area contributed by atoms with Crippen molar-refractivity contribution in [1.82, 2.24) is 15.0 Å². The summed E-state index contributed by atoms with van der Waals surface area (Å²) < 4.78 is 12.5. The van der Waals surface area contributed by atoms with Crippen molar-refractivity contribution >= 4 is 0 Å². The molecule has 1 aromatic heterocycles. The SMILES string of the molecule is OCc1nnn(-c2ccc3c(c2)OCO3)c1C1CCC1. The van der Waals surface area contributed by atoms with Crippen LogP contribution >= 0.6 is 0 Å². The van der Waals surface area contributed by atoms with Crippen molar-refractivity contribution in [3.63, 3.8) is 0 Å². The minimum absolute atomic E-state index is 0.0730. The first kappa shape index (κ1) is 11.7. The van der Waals surface area contributed by atoms with Crippen molar-refractivity contribution in [2.24, 2.45) is 0 Å². The minimum atomic E-state index is -0.0730. The first-order chi connectivity index (χ1) is 9.86. The van der Waals surface area contributed by atoms with Crippen LogP contribution < -0.4 is 9.47 Å². The van der Waals surface area contributed by atoms with Gasteiger partial charge in [-0.15, -0.1) is 5.10 Å². The highest BCUT2D eigenvalue weighted by molar-refractivity contribution is 5.50. The zero-order chi connectivity index (χ0) is 13.5. The van der Waals surface area contributed by atoms with Crippen molar-refractivity contribution in [2.75, 3.05) is 6.79 Å². The Labute approximate surface area is 115 Å². The molecule has 104 valence electrons. The lowest BCUT2D eigenvalue weighted by atomic mass is 9.82. The van der Waals surface area contributed by atoms with E-state index in [4.69, 9.17) is 9.47 Å². The first-order valence-electron chi connectivity index (χ1n) is 6.82. The van der Waals surface area contributed by atoms with Gasteiger partial charge < -0.3 is 14.6 Å². The molecule has 1 aliphatic heterocycles. The fourth-order valence-corrected chi connectivity index (χ4v) is 2.73. The Morgan fingerprint density at radius 1 is 1.25 bits per heavy atom. The van der Waals surface area contributed by atoms with Crippen molar-refractivity contribution in [3.8, 4) is 17.2 Å². The molecule has 0 radical (unpaired) electrons. The number of nitrogens with zero attached hydrogens (tertiary/aromatic N) is 3. The third kappa shape index (κ3) is 1.68. The molecule has 4 rings (SSSR count). The number of fused-ring (bicyclic) bond motifs is 1. The third-order valence-corrected chi connectivity index (χ3v) is 4.02. The van der Waals surface area contributed by atoms with Gasteiger partial charge in [-0.25, -0.2) is 4.68 Å². The molecule has 0 atom stereocenters. The van der Waals surface area contributed by atoms with Gasteiger partial charge in [0.25, 0.3) is 0 Å². The van der Waals surface area contributed by atoms with Crippen LogP contribution in [0, 0.1) is 0 Å². The highest BCUT2D eigenvalue weighted by atomic mass is 16.7. The molecule has 20 heavy (non-hydrogen) atoms. The quantitative estimate of drug-likeness (QED) is 0.922. The Bertz CT molecular complexity index is 649. The van der Waals surface area contributed by atoms with Gasteiger partial charge in [-0.1, -0.05) is 11.6 Å². The molecule has 0 unspecified atom stereocenters. The molecule has 0 amide bonds. The largest absolute Gasteiger partial charge is 0.454 e. The molecule has 2 aromatic rings. The number of rotatable bonds is 3. The molecular formula is C14H15N3O3. The standard InChI is InChI=1S/C14H15N3O3/c18-7-11-14(9-2-1-3-9)17(16-15-11)10-4-5-12-13(6-10)20-8-19-12/h4-6,9,18H,1-3,7-8H2. The monoisotopic (exact) mass is 273 g/mol. The summed E-state index contributed by atoms with van der Waals surface area (Å²) in [7, 11) is 0. The fraction of sp³-hybridized carbons (Fsp3) is 0.429. The number of aliphatic hydroxyl groups excluding tert-OH is 1. The van der Waals surface area contributed by atoms with Gasteiger partial charge >= 0.3 is 0 Å². The van der Waals surface area contributed by atoms with Gasteiger partial charge in [0.15, 0.2) is 11.5 Å². The van der Waals surface area contributed by atoms with Gasteiger partial charge in [-0.05, 0) is 25.0 Å². The molecule has 0 spiro atoms. The molecule has 1 aliphatic carbocycles. The van der Waals surface area contributed by atoms with Crippen molar-refractivity contribution in [1.29, 1.82) is 0 Å². The lowest BCUT2D eigenvalue weighted by Gasteiger charge is -2.26. The lowest BCUT2D eigenvalue weighted by molar-refractivity contribution is 0.174. The molecule has 1 aromatic carbocycles. The maximum atomic E-state index is 9.44. The fourth-order valence-electron chi connectivity index (χ4n) is 2.73. The number of hydrogen-bond acceptors (Lipinski definition) is 5. The summed E-state index contributed by atoms with van der Waals surface area (Å²) in [6.45, 7) is 0.184. The Hall–Kier alpha value is -2.08. The number of ether oxygens (including phenoxy) is 2. The van der Waals surface area contributed by atoms with Crippen LogP contribution in [0.15, 0.2) is 18.2 Å². The van der Waals surface area contributed by atoms with E-state index in [2.05, 4.69) is 10.3 Å². The van der Waals surface area contributed by atoms with Crippen LogP contribution in [-0.2, 0) is 6.61 Å². The van der Waals surface area contributed by atoms with Crippen LogP contribution in [0.25, 0.3) is 5.69 Å². The molecule has 2 aliphatic rings. The van der Waals surface area contributed by atoms with Crippen LogP contribution in [0.5, 0.6) is 11.5 Å². The van der Waals surface area contributed by atoms with E-state index in [1.54, 1.807) is 0 Å². The highest BCUT2D eigenvalue weighted by Crippen LogP contribution is 2.39. The maximum absolute atomic E-state index is 9.44. The lowest BCUT2D eigenvalue weighted by Crippen LogP contribution is -2.16. The van der Waals surface area contributed by atoms with Gasteiger partial charge in [0.05, 0.1) is 18.0 Å². The number of aliphatic hydroxyl groups is 1. The first-order valence-corrected chi connectivity index (χ1v) is 6.82. The van der Waals surface area contributed by atoms with Crippen LogP contribution in [0.1, 0.15) is 36.6 Å². The van der Waals surface area contributed by atoms with Gasteiger partial charge in [0.1, 0.15) is 5.69 Å². The summed E-state index contributed by atoms with van der Waals surface area (Å²) in [6.07, 6.45) is 3.48. The highest BCUT2D eigenvalue weighted by Gasteiger charge is 2.28. The Balaban J connectivity index is 1.79. The predicted octanol–water partition coefficient (Wildman–Crippen LogP) is 1.76. The average molecular weight is 273 g/mol. The molecule has 0 saturated heterocycles. The minimum Gasteiger partial charge on any atom is -0.454 e. The van der Waals surface area contributed by atoms with Gasteiger partial charge in [0.2, 0.25) is 6.79 Å². The van der Waals surface area contributed by atoms with E-state index < -0.39 is 0 Å². The normalized spacial score (nSPS) is 17.2. The second-order valence-corrected chi connectivity index (χ2v) is 5.16. The summed E-state index contributed by atoms with van der Waals surface area (Å²) in [5.74, 6) is 1.92. The molecule has 6 heteroatoms. The molecule has 0 bridgehead atoms. The number of hydrogen-bond donors (Lipinski definition) is 1. The van der Waals surface area contributed by atoms with E-state index in [9.17, 15) is 5.11 Å². The average Bonchev–Trinajstić information content (AvgIpc) is 3.02. The van der Waals surface area contributed by atoms with Crippen molar-refractivity contribution in [3.05, 3.63) is 29.6 Å². The predicted molar refractivity (Wildman–Crippen MR) is 70.0 cm³/mol. The number of benzene rings is 1. The van der Waals surface area contributed by atoms with E-state index in [0.717, 1.165) is 35.7 Å². The summed E-state index contributed by atoms with van der Waals surface area (Å²) in [4.78, 5) is 0. The molecule has 1 N–H and O–H groups in total. The Kier molecular flexibility index (Phi) is 2.63. The zero-order valence-corrected chi connectivity index (χ0v) is 11.0. The third-order valence-electron chi connectivity index (χ3n) is 4.02. The second kappa shape index (κ2) is 4.49. The summed E-state index contributed by atoms with van der Waals surface area (Å²) in [5.41, 5.74) is 2.59. The molecule has 1 saturated carbocycles.